The molecule has 0 radical (unpaired) electrons. The number of para-hydroxylation sites is 3. The lowest BCUT2D eigenvalue weighted by atomic mass is 10.1. The summed E-state index contributed by atoms with van der Waals surface area (Å²) in [7, 11) is 0. The zero-order chi connectivity index (χ0) is 18.6. The highest BCUT2D eigenvalue weighted by Gasteiger charge is 2.15. The first-order valence-corrected chi connectivity index (χ1v) is 7.94. The Labute approximate surface area is 153 Å². The molecule has 0 amide bonds. The smallest absolute Gasteiger partial charge is 0.265 e. The molecule has 0 atom stereocenters. The topological polar surface area (TPSA) is 125 Å². The van der Waals surface area contributed by atoms with E-state index < -0.39 is 0 Å². The van der Waals surface area contributed by atoms with Crippen molar-refractivity contribution in [3.05, 3.63) is 72.4 Å². The average molecular weight is 356 g/mol. The third-order valence-electron chi connectivity index (χ3n) is 3.91. The van der Waals surface area contributed by atoms with Crippen molar-refractivity contribution in [1.82, 2.24) is 30.2 Å². The first-order valence-electron chi connectivity index (χ1n) is 7.94. The third kappa shape index (κ3) is 3.03. The molecule has 2 aromatic carbocycles. The Morgan fingerprint density at radius 2 is 2.00 bits per heavy atom. The van der Waals surface area contributed by atoms with Gasteiger partial charge in [-0.25, -0.2) is 4.98 Å². The normalized spacial score (nSPS) is 11.3. The summed E-state index contributed by atoms with van der Waals surface area (Å²) in [6, 6.07) is 16.4. The Morgan fingerprint density at radius 3 is 2.81 bits per heavy atom. The van der Waals surface area contributed by atoms with Crippen LogP contribution in [-0.2, 0) is 0 Å². The number of anilines is 1. The number of aromatic amines is 1. The van der Waals surface area contributed by atoms with Gasteiger partial charge in [0.25, 0.3) is 5.91 Å². The molecule has 0 unspecified atom stereocenters. The number of hydrogen-bond donors (Lipinski definition) is 2. The zero-order valence-corrected chi connectivity index (χ0v) is 13.9. The van der Waals surface area contributed by atoms with Crippen LogP contribution in [-0.4, -0.2) is 36.1 Å². The van der Waals surface area contributed by atoms with E-state index in [1.807, 2.05) is 30.3 Å². The molecule has 2 aromatic heterocycles. The van der Waals surface area contributed by atoms with Gasteiger partial charge in [-0.3, -0.25) is 9.36 Å². The van der Waals surface area contributed by atoms with Crippen LogP contribution in [0.15, 0.2) is 61.1 Å². The van der Waals surface area contributed by atoms with E-state index in [4.69, 9.17) is 0 Å². The number of benzene rings is 2. The number of nitrogens with one attached hydrogen (secondary N) is 2. The first kappa shape index (κ1) is 16.2. The highest BCUT2D eigenvalue weighted by molar-refractivity contribution is 6.05. The Balaban J connectivity index is 1.69. The summed E-state index contributed by atoms with van der Waals surface area (Å²) in [5, 5.41) is 25.5. The zero-order valence-electron chi connectivity index (χ0n) is 13.9. The van der Waals surface area contributed by atoms with Gasteiger partial charge in [-0.1, -0.05) is 24.3 Å². The van der Waals surface area contributed by atoms with E-state index in [0.717, 1.165) is 11.0 Å². The van der Waals surface area contributed by atoms with Gasteiger partial charge in [0, 0.05) is 6.20 Å². The molecule has 2 heterocycles. The molecule has 0 bridgehead atoms. The lowest BCUT2D eigenvalue weighted by molar-refractivity contribution is 0.0965. The molecule has 4 rings (SSSR count). The second-order valence-corrected chi connectivity index (χ2v) is 5.50. The molecule has 4 aromatic rings. The summed E-state index contributed by atoms with van der Waals surface area (Å²) >= 11 is 0. The largest absolute Gasteiger partial charge is 0.360 e. The predicted octanol–water partition coefficient (Wildman–Crippen LogP) is 2.21. The molecule has 9 nitrogen and oxygen atoms in total. The molecule has 9 heteroatoms. The summed E-state index contributed by atoms with van der Waals surface area (Å²) in [5.41, 5.74) is 2.61. The minimum atomic E-state index is -0.238. The van der Waals surface area contributed by atoms with Crippen molar-refractivity contribution in [2.45, 2.75) is 0 Å². The molecule has 0 spiro atoms. The number of nitriles is 1. The fourth-order valence-corrected chi connectivity index (χ4v) is 2.62. The monoisotopic (exact) mass is 356 g/mol. The highest BCUT2D eigenvalue weighted by Crippen LogP contribution is 2.20. The first-order chi connectivity index (χ1) is 13.3. The molecular weight excluding hydrogens is 344 g/mol. The van der Waals surface area contributed by atoms with Crippen LogP contribution in [0.2, 0.25) is 0 Å². The van der Waals surface area contributed by atoms with Gasteiger partial charge in [0.15, 0.2) is 0 Å². The van der Waals surface area contributed by atoms with Crippen LogP contribution >= 0.6 is 0 Å². The summed E-state index contributed by atoms with van der Waals surface area (Å²) in [4.78, 5) is 17.3. The number of imidazole rings is 1. The number of hydrogen-bond acceptors (Lipinski definition) is 7. The van der Waals surface area contributed by atoms with Crippen molar-refractivity contribution in [2.75, 3.05) is 5.32 Å². The van der Waals surface area contributed by atoms with Gasteiger partial charge in [-0.2, -0.15) is 10.5 Å². The summed E-state index contributed by atoms with van der Waals surface area (Å²) in [5.74, 6) is -0.0762. The van der Waals surface area contributed by atoms with Crippen LogP contribution in [0.25, 0.3) is 16.6 Å². The molecule has 0 aliphatic rings. The highest BCUT2D eigenvalue weighted by atomic mass is 16.2. The Morgan fingerprint density at radius 1 is 1.19 bits per heavy atom. The predicted molar refractivity (Wildman–Crippen MR) is 97.3 cm³/mol. The second-order valence-electron chi connectivity index (χ2n) is 5.50. The van der Waals surface area contributed by atoms with E-state index >= 15 is 0 Å². The van der Waals surface area contributed by atoms with Crippen molar-refractivity contribution >= 4 is 28.2 Å². The molecule has 0 aliphatic heterocycles. The molecule has 0 fully saturated rings. The van der Waals surface area contributed by atoms with Crippen molar-refractivity contribution in [1.29, 1.82) is 5.26 Å². The van der Waals surface area contributed by atoms with E-state index in [0.29, 0.717) is 11.3 Å². The summed E-state index contributed by atoms with van der Waals surface area (Å²) < 4.78 is 1.49. The minimum absolute atomic E-state index is 0.161. The summed E-state index contributed by atoms with van der Waals surface area (Å²) in [6.45, 7) is 0. The van der Waals surface area contributed by atoms with Gasteiger partial charge in [0.05, 0.1) is 22.3 Å². The lowest BCUT2D eigenvalue weighted by Crippen LogP contribution is -2.12. The Bertz CT molecular complexity index is 1180. The van der Waals surface area contributed by atoms with E-state index in [1.54, 1.807) is 24.3 Å². The maximum atomic E-state index is 13.0. The Hall–Kier alpha value is -4.32. The van der Waals surface area contributed by atoms with E-state index in [1.165, 1.54) is 17.1 Å². The number of H-pyrrole nitrogens is 1. The van der Waals surface area contributed by atoms with Gasteiger partial charge in [0.1, 0.15) is 18.0 Å². The number of rotatable bonds is 4. The SMILES string of the molecule is N#CC(=CNc1ccccc1C(=O)n1cnc2ccccc21)c1nn[nH]n1. The fraction of sp³-hybridized carbons (Fsp3) is 0. The molecule has 130 valence electrons. The van der Waals surface area contributed by atoms with Crippen LogP contribution < -0.4 is 5.32 Å². The van der Waals surface area contributed by atoms with E-state index in [-0.39, 0.29) is 17.3 Å². The van der Waals surface area contributed by atoms with Crippen molar-refractivity contribution in [3.8, 4) is 6.07 Å². The second kappa shape index (κ2) is 6.89. The maximum absolute atomic E-state index is 13.0. The summed E-state index contributed by atoms with van der Waals surface area (Å²) in [6.07, 6.45) is 2.93. The number of fused-ring (bicyclic) bond motifs is 1. The molecule has 0 saturated heterocycles. The van der Waals surface area contributed by atoms with Crippen LogP contribution in [0.1, 0.15) is 16.2 Å². The van der Waals surface area contributed by atoms with Gasteiger partial charge in [-0.05, 0) is 29.5 Å². The lowest BCUT2D eigenvalue weighted by Gasteiger charge is -2.09. The molecule has 27 heavy (non-hydrogen) atoms. The number of allylic oxidation sites excluding steroid dienone is 1. The number of aromatic nitrogens is 6. The molecule has 2 N–H and O–H groups in total. The van der Waals surface area contributed by atoms with Gasteiger partial charge in [0.2, 0.25) is 5.82 Å². The van der Waals surface area contributed by atoms with Gasteiger partial charge < -0.3 is 5.32 Å². The average Bonchev–Trinajstić information content (AvgIpc) is 3.38. The number of carbonyl (C=O) groups excluding carboxylic acids is 1. The van der Waals surface area contributed by atoms with Crippen molar-refractivity contribution in [2.24, 2.45) is 0 Å². The van der Waals surface area contributed by atoms with Crippen LogP contribution in [0.4, 0.5) is 5.69 Å². The van der Waals surface area contributed by atoms with Gasteiger partial charge in [-0.15, -0.1) is 10.2 Å². The quantitative estimate of drug-likeness (QED) is 0.537. The fourth-order valence-electron chi connectivity index (χ4n) is 2.62. The number of tetrazole rings is 1. The molecule has 0 aliphatic carbocycles. The maximum Gasteiger partial charge on any atom is 0.265 e. The van der Waals surface area contributed by atoms with Crippen LogP contribution in [0.5, 0.6) is 0 Å². The van der Waals surface area contributed by atoms with Gasteiger partial charge >= 0.3 is 0 Å². The third-order valence-corrected chi connectivity index (χ3v) is 3.91. The van der Waals surface area contributed by atoms with E-state index in [2.05, 4.69) is 30.9 Å². The van der Waals surface area contributed by atoms with E-state index in [9.17, 15) is 10.1 Å². The van der Waals surface area contributed by atoms with Crippen LogP contribution in [0.3, 0.4) is 0 Å². The van der Waals surface area contributed by atoms with Crippen LogP contribution in [0, 0.1) is 11.3 Å². The molecular formula is C18H12N8O. The minimum Gasteiger partial charge on any atom is -0.360 e. The molecule has 0 saturated carbocycles. The standard InChI is InChI=1S/C18H12N8O/c19-9-12(17-22-24-25-23-17)10-20-14-6-2-1-5-13(14)18(27)26-11-21-15-7-3-4-8-16(15)26/h1-8,10-11,20H,(H,22,23,24,25). The number of nitrogens with zero attached hydrogens (tertiary/aromatic N) is 6. The number of carbonyl (C=O) groups is 1. The van der Waals surface area contributed by atoms with Crippen molar-refractivity contribution < 1.29 is 4.79 Å². The van der Waals surface area contributed by atoms with Crippen molar-refractivity contribution in [3.63, 3.8) is 0 Å². The Kier molecular flexibility index (Phi) is 4.13.